The number of benzene rings is 4. The molecule has 54 heavy (non-hydrogen) atoms. The highest BCUT2D eigenvalue weighted by molar-refractivity contribution is 8.42. The minimum Gasteiger partial charge on any atom is -0.121 e. The van der Waals surface area contributed by atoms with E-state index in [0.29, 0.717) is 0 Å². The van der Waals surface area contributed by atoms with E-state index >= 15 is 0 Å². The molecule has 0 fully saturated rings. The summed E-state index contributed by atoms with van der Waals surface area (Å²) in [6, 6.07) is 32.4. The van der Waals surface area contributed by atoms with Crippen molar-refractivity contribution in [2.45, 2.75) is 0 Å². The maximum absolute atomic E-state index is 2.43. The summed E-state index contributed by atoms with van der Waals surface area (Å²) in [5.74, 6) is 0. The van der Waals surface area contributed by atoms with Gasteiger partial charge >= 0.3 is 0 Å². The second kappa shape index (κ2) is 18.2. The van der Waals surface area contributed by atoms with E-state index in [0.717, 1.165) is 0 Å². The van der Waals surface area contributed by atoms with Gasteiger partial charge in [0.05, 0.1) is 38.1 Å². The van der Waals surface area contributed by atoms with Crippen molar-refractivity contribution in [1.29, 1.82) is 0 Å². The Hall–Kier alpha value is -0.480. The van der Waals surface area contributed by atoms with Crippen LogP contribution in [-0.4, -0.2) is 37.5 Å². The highest BCUT2D eigenvalue weighted by Crippen LogP contribution is 2.62. The van der Waals surface area contributed by atoms with Crippen molar-refractivity contribution in [2.75, 3.05) is 37.5 Å². The van der Waals surface area contributed by atoms with Gasteiger partial charge in [-0.25, -0.2) is 0 Å². The molecular weight excluding hydrogens is 889 g/mol. The van der Waals surface area contributed by atoms with E-state index in [1.807, 2.05) is 141 Å². The van der Waals surface area contributed by atoms with Crippen molar-refractivity contribution in [1.82, 2.24) is 0 Å². The Morgan fingerprint density at radius 3 is 1.00 bits per heavy atom. The number of hydrogen-bond donors (Lipinski definition) is 0. The van der Waals surface area contributed by atoms with Crippen LogP contribution in [0.5, 0.6) is 0 Å². The van der Waals surface area contributed by atoms with Gasteiger partial charge in [-0.1, -0.05) is 143 Å². The summed E-state index contributed by atoms with van der Waals surface area (Å²) in [6.07, 6.45) is 17.7. The third-order valence-electron chi connectivity index (χ3n) is 8.89. The highest BCUT2D eigenvalue weighted by atomic mass is 32.3. The molecule has 0 saturated heterocycles. The van der Waals surface area contributed by atoms with Gasteiger partial charge < -0.3 is 0 Å². The summed E-state index contributed by atoms with van der Waals surface area (Å²) < 4.78 is 12.5. The van der Waals surface area contributed by atoms with Crippen LogP contribution in [0.3, 0.4) is 0 Å². The van der Waals surface area contributed by atoms with E-state index < -0.39 is 0 Å². The second-order valence-corrected chi connectivity index (χ2v) is 25.4. The highest BCUT2D eigenvalue weighted by Gasteiger charge is 2.32. The summed E-state index contributed by atoms with van der Waals surface area (Å²) >= 11 is 22.5. The van der Waals surface area contributed by atoms with Crippen LogP contribution in [0, 0.1) is 0 Å². The largest absolute Gasteiger partial charge is 0.121 e. The number of fused-ring (bicyclic) bond motifs is 3. The Bertz CT molecular complexity index is 2130. The molecule has 0 N–H and O–H groups in total. The van der Waals surface area contributed by atoms with Crippen molar-refractivity contribution in [2.24, 2.45) is 0 Å². The summed E-state index contributed by atoms with van der Waals surface area (Å²) in [7, 11) is 0. The molecule has 0 radical (unpaired) electrons. The molecule has 0 aromatic heterocycles. The Balaban J connectivity index is 1.12. The second-order valence-electron chi connectivity index (χ2n) is 11.9. The molecule has 0 bridgehead atoms. The fourth-order valence-corrected chi connectivity index (χ4v) is 21.3. The molecule has 0 saturated carbocycles. The molecule has 8 rings (SSSR count). The zero-order valence-corrected chi connectivity index (χ0v) is 39.9. The quantitative estimate of drug-likeness (QED) is 0.131. The van der Waals surface area contributed by atoms with Gasteiger partial charge in [0.1, 0.15) is 0 Å². The zero-order chi connectivity index (χ0) is 37.3. The van der Waals surface area contributed by atoms with Crippen LogP contribution in [0.2, 0.25) is 0 Å². The van der Waals surface area contributed by atoms with Gasteiger partial charge in [-0.15, -0.1) is 70.6 Å². The molecule has 274 valence electrons. The van der Waals surface area contributed by atoms with E-state index in [2.05, 4.69) is 135 Å². The molecule has 0 spiro atoms. The van der Waals surface area contributed by atoms with Gasteiger partial charge in [0.15, 0.2) is 0 Å². The third kappa shape index (κ3) is 8.35. The van der Waals surface area contributed by atoms with Gasteiger partial charge in [0.2, 0.25) is 0 Å². The van der Waals surface area contributed by atoms with Crippen LogP contribution in [-0.2, 0) is 0 Å². The minimum atomic E-state index is 1.24. The van der Waals surface area contributed by atoms with E-state index in [9.17, 15) is 0 Å². The molecule has 12 heteroatoms. The van der Waals surface area contributed by atoms with Crippen LogP contribution >= 0.6 is 141 Å². The van der Waals surface area contributed by atoms with Crippen LogP contribution in [0.15, 0.2) is 123 Å². The predicted molar refractivity (Wildman–Crippen MR) is 272 cm³/mol. The average molecular weight is 924 g/mol. The van der Waals surface area contributed by atoms with Gasteiger partial charge in [0, 0.05) is 5.57 Å². The number of hydrogen-bond acceptors (Lipinski definition) is 12. The molecular formula is C42H34S12. The van der Waals surface area contributed by atoms with Crippen molar-refractivity contribution >= 4 is 159 Å². The SMILES string of the molecule is CSC1=C(SC)SC(=Cc2ccc(-c3ccc4c(c3)-c3cc(-c5ccc(C=C6SC(SC)=C(SC)S6)cc5)ccc3C4=C3SC(SC)=C(SC)S3)cc2)S1. The van der Waals surface area contributed by atoms with Gasteiger partial charge in [-0.2, -0.15) is 0 Å². The maximum Gasteiger partial charge on any atom is 0.0657 e. The van der Waals surface area contributed by atoms with Crippen LogP contribution in [0.1, 0.15) is 22.3 Å². The minimum absolute atomic E-state index is 1.24. The lowest BCUT2D eigenvalue weighted by Gasteiger charge is -2.09. The molecule has 4 aliphatic rings. The van der Waals surface area contributed by atoms with Crippen molar-refractivity contribution in [3.05, 3.63) is 145 Å². The van der Waals surface area contributed by atoms with Crippen LogP contribution in [0.4, 0.5) is 0 Å². The normalized spacial score (nSPS) is 16.7. The van der Waals surface area contributed by atoms with E-state index in [1.54, 1.807) is 0 Å². The Kier molecular flexibility index (Phi) is 13.6. The smallest absolute Gasteiger partial charge is 0.0657 e. The monoisotopic (exact) mass is 922 g/mol. The summed E-state index contributed by atoms with van der Waals surface area (Å²) in [5, 5.41) is 0. The average Bonchev–Trinajstić information content (AvgIpc) is 4.00. The molecule has 3 heterocycles. The number of thioether (sulfide) groups is 12. The van der Waals surface area contributed by atoms with Crippen molar-refractivity contribution < 1.29 is 0 Å². The fraction of sp³-hybridized carbons (Fsp3) is 0.143. The van der Waals surface area contributed by atoms with E-state index in [-0.39, 0.29) is 0 Å². The van der Waals surface area contributed by atoms with Crippen molar-refractivity contribution in [3.63, 3.8) is 0 Å². The molecule has 4 aromatic carbocycles. The third-order valence-corrected chi connectivity index (χ3v) is 24.3. The summed E-state index contributed by atoms with van der Waals surface area (Å²) in [5.41, 5.74) is 14.1. The molecule has 0 nitrogen and oxygen atoms in total. The molecule has 0 atom stereocenters. The molecule has 0 unspecified atom stereocenters. The van der Waals surface area contributed by atoms with Gasteiger partial charge in [-0.3, -0.25) is 0 Å². The standard InChI is InChI=1S/C42H34S12/c1-43-37-38(44-2)50-33(49-37)19-23-7-11-25(12-8-23)27-15-17-29-31(21-27)32-22-28(16-18-30(32)35(29)36-53-41(47-5)42(48-6)54-36)26-13-9-24(10-14-26)20-34-51-39(45-3)40(46-4)52-34/h7-22H,1-6H3. The maximum atomic E-state index is 2.43. The predicted octanol–water partition coefficient (Wildman–Crippen LogP) is 17.3. The first-order valence-corrected chi connectivity index (χ1v) is 28.9. The molecule has 4 aromatic rings. The molecule has 1 aliphatic carbocycles. The lowest BCUT2D eigenvalue weighted by Crippen LogP contribution is -1.85. The van der Waals surface area contributed by atoms with Gasteiger partial charge in [-0.05, 0) is 117 Å². The fourth-order valence-electron chi connectivity index (χ4n) is 6.33. The number of rotatable bonds is 10. The first-order chi connectivity index (χ1) is 26.4. The van der Waals surface area contributed by atoms with E-state index in [4.69, 9.17) is 0 Å². The van der Waals surface area contributed by atoms with Crippen molar-refractivity contribution in [3.8, 4) is 33.4 Å². The Morgan fingerprint density at radius 2 is 0.667 bits per heavy atom. The Labute approximate surface area is 370 Å². The molecule has 0 amide bonds. The van der Waals surface area contributed by atoms with Gasteiger partial charge in [0.25, 0.3) is 0 Å². The lowest BCUT2D eigenvalue weighted by atomic mass is 9.95. The van der Waals surface area contributed by atoms with Crippen LogP contribution < -0.4 is 0 Å². The van der Waals surface area contributed by atoms with Crippen LogP contribution in [0.25, 0.3) is 51.1 Å². The zero-order valence-electron chi connectivity index (χ0n) is 30.1. The summed E-state index contributed by atoms with van der Waals surface area (Å²) in [4.78, 5) is 0. The lowest BCUT2D eigenvalue weighted by molar-refractivity contribution is 1.57. The first-order valence-electron chi connectivity index (χ1n) is 16.6. The topological polar surface area (TPSA) is 0 Å². The van der Waals surface area contributed by atoms with E-state index in [1.165, 1.54) is 99.3 Å². The molecule has 3 aliphatic heterocycles. The summed E-state index contributed by atoms with van der Waals surface area (Å²) in [6.45, 7) is 0. The first kappa shape index (κ1) is 40.3. The Morgan fingerprint density at radius 1 is 0.352 bits per heavy atom.